The quantitative estimate of drug-likeness (QED) is 0.635. The molecule has 0 saturated carbocycles. The number of pyridine rings is 1. The maximum absolute atomic E-state index is 12.5. The smallest absolute Gasteiger partial charge is 0.274 e. The summed E-state index contributed by atoms with van der Waals surface area (Å²) in [6, 6.07) is 15.3. The number of carbonyl (C=O) groups excluding carboxylic acids is 3. The Balaban J connectivity index is 1.73. The van der Waals surface area contributed by atoms with E-state index in [2.05, 4.69) is 15.6 Å². The molecule has 0 radical (unpaired) electrons. The summed E-state index contributed by atoms with van der Waals surface area (Å²) in [5.74, 6) is -0.810. The van der Waals surface area contributed by atoms with Gasteiger partial charge in [0.25, 0.3) is 11.8 Å². The SMILES string of the molecule is CC(=O)c1ccc(NC(=O)c2ccnc(C(=O)Nc3cc(C)cc(C)c3)c2)cc1. The topological polar surface area (TPSA) is 88.2 Å². The fourth-order valence-electron chi connectivity index (χ4n) is 2.93. The van der Waals surface area contributed by atoms with E-state index in [1.165, 1.54) is 25.3 Å². The van der Waals surface area contributed by atoms with E-state index in [0.29, 0.717) is 22.5 Å². The van der Waals surface area contributed by atoms with E-state index in [9.17, 15) is 14.4 Å². The maximum Gasteiger partial charge on any atom is 0.274 e. The van der Waals surface area contributed by atoms with Gasteiger partial charge in [-0.15, -0.1) is 0 Å². The zero-order chi connectivity index (χ0) is 21.0. The number of rotatable bonds is 5. The van der Waals surface area contributed by atoms with Crippen molar-refractivity contribution in [3.05, 3.63) is 88.7 Å². The highest BCUT2D eigenvalue weighted by atomic mass is 16.2. The number of nitrogens with zero attached hydrogens (tertiary/aromatic N) is 1. The lowest BCUT2D eigenvalue weighted by Gasteiger charge is -2.09. The molecule has 146 valence electrons. The first-order valence-electron chi connectivity index (χ1n) is 9.10. The van der Waals surface area contributed by atoms with Crippen molar-refractivity contribution in [2.45, 2.75) is 20.8 Å². The zero-order valence-corrected chi connectivity index (χ0v) is 16.4. The molecular weight excluding hydrogens is 366 g/mol. The molecule has 0 fully saturated rings. The average Bonchev–Trinajstić information content (AvgIpc) is 2.67. The molecule has 3 aromatic rings. The van der Waals surface area contributed by atoms with Crippen molar-refractivity contribution >= 4 is 29.0 Å². The number of anilines is 2. The number of amides is 2. The number of benzene rings is 2. The van der Waals surface area contributed by atoms with Crippen molar-refractivity contribution in [1.29, 1.82) is 0 Å². The molecule has 1 heterocycles. The third kappa shape index (κ3) is 5.13. The fourth-order valence-corrected chi connectivity index (χ4v) is 2.93. The second-order valence-corrected chi connectivity index (χ2v) is 6.85. The Morgan fingerprint density at radius 2 is 1.34 bits per heavy atom. The molecular formula is C23H21N3O3. The third-order valence-electron chi connectivity index (χ3n) is 4.28. The Hall–Kier alpha value is -3.80. The summed E-state index contributed by atoms with van der Waals surface area (Å²) in [5, 5.41) is 5.55. The number of nitrogens with one attached hydrogen (secondary N) is 2. The van der Waals surface area contributed by atoms with Crippen LogP contribution < -0.4 is 10.6 Å². The summed E-state index contributed by atoms with van der Waals surface area (Å²) in [6.07, 6.45) is 1.42. The van der Waals surface area contributed by atoms with Crippen LogP contribution in [0.1, 0.15) is 49.3 Å². The zero-order valence-electron chi connectivity index (χ0n) is 16.4. The lowest BCUT2D eigenvalue weighted by Crippen LogP contribution is -2.17. The monoisotopic (exact) mass is 387 g/mol. The van der Waals surface area contributed by atoms with Gasteiger partial charge in [-0.05, 0) is 80.4 Å². The van der Waals surface area contributed by atoms with E-state index in [1.807, 2.05) is 32.0 Å². The predicted molar refractivity (Wildman–Crippen MR) is 113 cm³/mol. The Labute approximate surface area is 169 Å². The highest BCUT2D eigenvalue weighted by Gasteiger charge is 2.13. The average molecular weight is 387 g/mol. The van der Waals surface area contributed by atoms with E-state index in [0.717, 1.165) is 11.1 Å². The number of hydrogen-bond donors (Lipinski definition) is 2. The molecule has 0 bridgehead atoms. The summed E-state index contributed by atoms with van der Waals surface area (Å²) in [4.78, 5) is 40.5. The Bertz CT molecular complexity index is 1070. The molecule has 0 unspecified atom stereocenters. The molecule has 0 aliphatic carbocycles. The van der Waals surface area contributed by atoms with E-state index in [4.69, 9.17) is 0 Å². The molecule has 2 aromatic carbocycles. The van der Waals surface area contributed by atoms with E-state index >= 15 is 0 Å². The number of carbonyl (C=O) groups is 3. The van der Waals surface area contributed by atoms with Crippen LogP contribution in [0.2, 0.25) is 0 Å². The van der Waals surface area contributed by atoms with Crippen LogP contribution in [0.25, 0.3) is 0 Å². The first-order valence-corrected chi connectivity index (χ1v) is 9.10. The summed E-state index contributed by atoms with van der Waals surface area (Å²) >= 11 is 0. The van der Waals surface area contributed by atoms with Crippen LogP contribution in [0.15, 0.2) is 60.8 Å². The largest absolute Gasteiger partial charge is 0.322 e. The van der Waals surface area contributed by atoms with Crippen molar-refractivity contribution in [2.24, 2.45) is 0 Å². The second kappa shape index (κ2) is 8.48. The number of aromatic nitrogens is 1. The maximum atomic E-state index is 12.5. The van der Waals surface area contributed by atoms with Crippen LogP contribution >= 0.6 is 0 Å². The molecule has 6 nitrogen and oxygen atoms in total. The van der Waals surface area contributed by atoms with Gasteiger partial charge in [0.2, 0.25) is 0 Å². The molecule has 0 aliphatic heterocycles. The van der Waals surface area contributed by atoms with Crippen molar-refractivity contribution < 1.29 is 14.4 Å². The van der Waals surface area contributed by atoms with Gasteiger partial charge in [-0.1, -0.05) is 6.07 Å². The van der Waals surface area contributed by atoms with Crippen molar-refractivity contribution in [1.82, 2.24) is 4.98 Å². The highest BCUT2D eigenvalue weighted by molar-refractivity contribution is 6.08. The van der Waals surface area contributed by atoms with Gasteiger partial charge in [-0.2, -0.15) is 0 Å². The third-order valence-corrected chi connectivity index (χ3v) is 4.28. The molecule has 1 aromatic heterocycles. The second-order valence-electron chi connectivity index (χ2n) is 6.85. The first-order chi connectivity index (χ1) is 13.8. The van der Waals surface area contributed by atoms with Gasteiger partial charge < -0.3 is 10.6 Å². The highest BCUT2D eigenvalue weighted by Crippen LogP contribution is 2.16. The molecule has 0 atom stereocenters. The summed E-state index contributed by atoms with van der Waals surface area (Å²) in [5.41, 5.74) is 4.32. The molecule has 2 N–H and O–H groups in total. The van der Waals surface area contributed by atoms with E-state index in [-0.39, 0.29) is 17.4 Å². The molecule has 0 spiro atoms. The standard InChI is InChI=1S/C23H21N3O3/c1-14-10-15(2)12-20(11-14)26-23(29)21-13-18(8-9-24-21)22(28)25-19-6-4-17(5-7-19)16(3)27/h4-13H,1-3H3,(H,25,28)(H,26,29). The van der Waals surface area contributed by atoms with Crippen LogP contribution in [0.4, 0.5) is 11.4 Å². The lowest BCUT2D eigenvalue weighted by atomic mass is 10.1. The Morgan fingerprint density at radius 1 is 0.724 bits per heavy atom. The number of aryl methyl sites for hydroxylation is 2. The van der Waals surface area contributed by atoms with Gasteiger partial charge in [-0.3, -0.25) is 19.4 Å². The Kier molecular flexibility index (Phi) is 5.83. The molecule has 6 heteroatoms. The Morgan fingerprint density at radius 3 is 1.97 bits per heavy atom. The summed E-state index contributed by atoms with van der Waals surface area (Å²) < 4.78 is 0. The van der Waals surface area contributed by atoms with Crippen LogP contribution in [0.5, 0.6) is 0 Å². The molecule has 0 aliphatic rings. The van der Waals surface area contributed by atoms with Crippen LogP contribution in [-0.2, 0) is 0 Å². The minimum Gasteiger partial charge on any atom is -0.322 e. The number of hydrogen-bond acceptors (Lipinski definition) is 4. The number of ketones is 1. The van der Waals surface area contributed by atoms with Gasteiger partial charge >= 0.3 is 0 Å². The fraction of sp³-hybridized carbons (Fsp3) is 0.130. The molecule has 2 amide bonds. The predicted octanol–water partition coefficient (Wildman–Crippen LogP) is 4.41. The summed E-state index contributed by atoms with van der Waals surface area (Å²) in [7, 11) is 0. The van der Waals surface area contributed by atoms with Gasteiger partial charge in [0.1, 0.15) is 5.69 Å². The van der Waals surface area contributed by atoms with E-state index < -0.39 is 5.91 Å². The summed E-state index contributed by atoms with van der Waals surface area (Å²) in [6.45, 7) is 5.39. The van der Waals surface area contributed by atoms with Crippen LogP contribution in [-0.4, -0.2) is 22.6 Å². The van der Waals surface area contributed by atoms with Crippen molar-refractivity contribution in [3.8, 4) is 0 Å². The van der Waals surface area contributed by atoms with Crippen LogP contribution in [0, 0.1) is 13.8 Å². The normalized spacial score (nSPS) is 10.3. The van der Waals surface area contributed by atoms with Crippen molar-refractivity contribution in [2.75, 3.05) is 10.6 Å². The molecule has 29 heavy (non-hydrogen) atoms. The minimum atomic E-state index is -0.393. The number of Topliss-reactive ketones (excluding diaryl/α,β-unsaturated/α-hetero) is 1. The van der Waals surface area contributed by atoms with Gasteiger partial charge in [-0.25, -0.2) is 0 Å². The molecule has 0 saturated heterocycles. The molecule has 3 rings (SSSR count). The minimum absolute atomic E-state index is 0.0449. The van der Waals surface area contributed by atoms with E-state index in [1.54, 1.807) is 24.3 Å². The van der Waals surface area contributed by atoms with Crippen LogP contribution in [0.3, 0.4) is 0 Å². The van der Waals surface area contributed by atoms with Gasteiger partial charge in [0.05, 0.1) is 0 Å². The lowest BCUT2D eigenvalue weighted by molar-refractivity contribution is 0.100. The van der Waals surface area contributed by atoms with Crippen molar-refractivity contribution in [3.63, 3.8) is 0 Å². The van der Waals surface area contributed by atoms with Gasteiger partial charge in [0, 0.05) is 28.7 Å². The first kappa shape index (κ1) is 19.9. The van der Waals surface area contributed by atoms with Gasteiger partial charge in [0.15, 0.2) is 5.78 Å².